The highest BCUT2D eigenvalue weighted by Crippen LogP contribution is 2.32. The van der Waals surface area contributed by atoms with Gasteiger partial charge >= 0.3 is 0 Å². The van der Waals surface area contributed by atoms with Gasteiger partial charge in [-0.25, -0.2) is 8.42 Å². The fourth-order valence-corrected chi connectivity index (χ4v) is 5.58. The smallest absolute Gasteiger partial charge is 0.243 e. The van der Waals surface area contributed by atoms with Crippen molar-refractivity contribution in [1.82, 2.24) is 4.31 Å². The molecule has 0 aliphatic carbocycles. The van der Waals surface area contributed by atoms with Crippen molar-refractivity contribution in [3.05, 3.63) is 42.5 Å². The Bertz CT molecular complexity index is 987. The minimum atomic E-state index is -3.59. The average Bonchev–Trinajstić information content (AvgIpc) is 3.30. The van der Waals surface area contributed by atoms with Gasteiger partial charge in [0.2, 0.25) is 15.9 Å². The fourth-order valence-electron chi connectivity index (χ4n) is 3.17. The van der Waals surface area contributed by atoms with Crippen LogP contribution in [0.2, 0.25) is 0 Å². The Hall–Kier alpha value is -2.23. The average molecular weight is 451 g/mol. The van der Waals surface area contributed by atoms with E-state index in [-0.39, 0.29) is 10.8 Å². The molecule has 2 aromatic rings. The molecule has 0 radical (unpaired) electrons. The first-order chi connectivity index (χ1) is 14.3. The second-order valence-corrected chi connectivity index (χ2v) is 10.3. The van der Waals surface area contributed by atoms with Gasteiger partial charge in [0.25, 0.3) is 0 Å². The summed E-state index contributed by atoms with van der Waals surface area (Å²) in [5.41, 5.74) is 0.338. The van der Waals surface area contributed by atoms with Crippen LogP contribution in [0, 0.1) is 0 Å². The van der Waals surface area contributed by atoms with Gasteiger partial charge < -0.3 is 14.8 Å². The first kappa shape index (κ1) is 22.5. The number of methoxy groups -OCH3 is 2. The predicted molar refractivity (Wildman–Crippen MR) is 118 cm³/mol. The standard InChI is InChI=1S/C21H26N2O5S2/c1-15(29-17-8-6-16(27-2)7-9-17)21(24)22-19-14-18(10-11-20(19)28-3)30(25,26)23-12-4-5-13-23/h6-11,14-15H,4-5,12-13H2,1-3H3,(H,22,24)/t15-/m1/s1. The van der Waals surface area contributed by atoms with Gasteiger partial charge in [0.15, 0.2) is 0 Å². The summed E-state index contributed by atoms with van der Waals surface area (Å²) in [5, 5.41) is 2.41. The number of nitrogens with zero attached hydrogens (tertiary/aromatic N) is 1. The van der Waals surface area contributed by atoms with Crippen LogP contribution in [0.15, 0.2) is 52.3 Å². The quantitative estimate of drug-likeness (QED) is 0.619. The second kappa shape index (κ2) is 9.72. The molecule has 1 N–H and O–H groups in total. The zero-order valence-corrected chi connectivity index (χ0v) is 18.9. The molecular weight excluding hydrogens is 424 g/mol. The van der Waals surface area contributed by atoms with E-state index in [1.165, 1.54) is 35.3 Å². The lowest BCUT2D eigenvalue weighted by molar-refractivity contribution is -0.115. The molecule has 0 spiro atoms. The molecule has 0 unspecified atom stereocenters. The Morgan fingerprint density at radius 1 is 1.07 bits per heavy atom. The van der Waals surface area contributed by atoms with Crippen LogP contribution in [-0.4, -0.2) is 51.2 Å². The molecule has 2 aromatic carbocycles. The van der Waals surface area contributed by atoms with Gasteiger partial charge in [0, 0.05) is 18.0 Å². The number of sulfonamides is 1. The summed E-state index contributed by atoms with van der Waals surface area (Å²) in [7, 11) is -0.506. The Kier molecular flexibility index (Phi) is 7.27. The van der Waals surface area contributed by atoms with Gasteiger partial charge in [0.05, 0.1) is 30.1 Å². The molecule has 1 atom stereocenters. The largest absolute Gasteiger partial charge is 0.497 e. The van der Waals surface area contributed by atoms with Crippen molar-refractivity contribution < 1.29 is 22.7 Å². The SMILES string of the molecule is COc1ccc(S[C@H](C)C(=O)Nc2cc(S(=O)(=O)N3CCCC3)ccc2OC)cc1. The van der Waals surface area contributed by atoms with E-state index in [4.69, 9.17) is 9.47 Å². The van der Waals surface area contributed by atoms with Gasteiger partial charge in [-0.1, -0.05) is 0 Å². The summed E-state index contributed by atoms with van der Waals surface area (Å²) in [6.07, 6.45) is 1.72. The molecule has 1 heterocycles. The number of amides is 1. The van der Waals surface area contributed by atoms with Crippen molar-refractivity contribution in [3.63, 3.8) is 0 Å². The maximum Gasteiger partial charge on any atom is 0.243 e. The first-order valence-corrected chi connectivity index (χ1v) is 12.0. The number of anilines is 1. The molecule has 7 nitrogen and oxygen atoms in total. The molecule has 3 rings (SSSR count). The number of thioether (sulfide) groups is 1. The molecular formula is C21H26N2O5S2. The predicted octanol–water partition coefficient (Wildman–Crippen LogP) is 3.61. The normalized spacial score (nSPS) is 15.6. The third kappa shape index (κ3) is 5.08. The van der Waals surface area contributed by atoms with E-state index in [0.717, 1.165) is 23.5 Å². The molecule has 9 heteroatoms. The van der Waals surface area contributed by atoms with Crippen LogP contribution in [0.5, 0.6) is 11.5 Å². The van der Waals surface area contributed by atoms with Crippen LogP contribution in [0.3, 0.4) is 0 Å². The highest BCUT2D eigenvalue weighted by molar-refractivity contribution is 8.00. The molecule has 162 valence electrons. The lowest BCUT2D eigenvalue weighted by atomic mass is 10.3. The van der Waals surface area contributed by atoms with E-state index in [1.807, 2.05) is 24.3 Å². The van der Waals surface area contributed by atoms with Gasteiger partial charge in [-0.05, 0) is 62.2 Å². The lowest BCUT2D eigenvalue weighted by Gasteiger charge is -2.18. The zero-order valence-electron chi connectivity index (χ0n) is 17.3. The maximum atomic E-state index is 12.9. The molecule has 0 aromatic heterocycles. The third-order valence-corrected chi connectivity index (χ3v) is 7.88. The van der Waals surface area contributed by atoms with E-state index in [9.17, 15) is 13.2 Å². The van der Waals surface area contributed by atoms with Gasteiger partial charge in [-0.3, -0.25) is 4.79 Å². The number of hydrogen-bond donors (Lipinski definition) is 1. The van der Waals surface area contributed by atoms with Crippen molar-refractivity contribution in [2.75, 3.05) is 32.6 Å². The molecule has 0 bridgehead atoms. The summed E-state index contributed by atoms with van der Waals surface area (Å²) < 4.78 is 37.7. The molecule has 1 aliphatic heterocycles. The van der Waals surface area contributed by atoms with Crippen molar-refractivity contribution in [2.24, 2.45) is 0 Å². The Balaban J connectivity index is 1.75. The molecule has 0 saturated carbocycles. The number of nitrogens with one attached hydrogen (secondary N) is 1. The summed E-state index contributed by atoms with van der Waals surface area (Å²) in [5.74, 6) is 0.910. The van der Waals surface area contributed by atoms with Crippen molar-refractivity contribution in [1.29, 1.82) is 0 Å². The second-order valence-electron chi connectivity index (χ2n) is 6.90. The monoisotopic (exact) mass is 450 g/mol. The van der Waals surface area contributed by atoms with Crippen molar-refractivity contribution >= 4 is 33.4 Å². The Labute approximate surface area is 181 Å². The van der Waals surface area contributed by atoms with E-state index >= 15 is 0 Å². The Morgan fingerprint density at radius 2 is 1.73 bits per heavy atom. The van der Waals surface area contributed by atoms with Crippen LogP contribution >= 0.6 is 11.8 Å². The number of benzene rings is 2. The molecule has 1 aliphatic rings. The van der Waals surface area contributed by atoms with Crippen LogP contribution in [0.25, 0.3) is 0 Å². The third-order valence-electron chi connectivity index (χ3n) is 4.87. The summed E-state index contributed by atoms with van der Waals surface area (Å²) in [4.78, 5) is 13.8. The highest BCUT2D eigenvalue weighted by atomic mass is 32.2. The maximum absolute atomic E-state index is 12.9. The van der Waals surface area contributed by atoms with Crippen LogP contribution in [0.1, 0.15) is 19.8 Å². The van der Waals surface area contributed by atoms with Gasteiger partial charge in [-0.15, -0.1) is 11.8 Å². The van der Waals surface area contributed by atoms with Crippen LogP contribution in [-0.2, 0) is 14.8 Å². The van der Waals surface area contributed by atoms with Gasteiger partial charge in [-0.2, -0.15) is 4.31 Å². The van der Waals surface area contributed by atoms with Crippen LogP contribution in [0.4, 0.5) is 5.69 Å². The minimum Gasteiger partial charge on any atom is -0.497 e. The Morgan fingerprint density at radius 3 is 2.33 bits per heavy atom. The number of carbonyl (C=O) groups is 1. The zero-order chi connectivity index (χ0) is 21.7. The molecule has 1 fully saturated rings. The van der Waals surface area contributed by atoms with E-state index < -0.39 is 15.3 Å². The molecule has 1 saturated heterocycles. The lowest BCUT2D eigenvalue weighted by Crippen LogP contribution is -2.28. The highest BCUT2D eigenvalue weighted by Gasteiger charge is 2.28. The number of rotatable bonds is 8. The fraction of sp³-hybridized carbons (Fsp3) is 0.381. The summed E-state index contributed by atoms with van der Waals surface area (Å²) in [6.45, 7) is 2.83. The summed E-state index contributed by atoms with van der Waals surface area (Å²) >= 11 is 1.40. The number of ether oxygens (including phenoxy) is 2. The van der Waals surface area contributed by atoms with Crippen molar-refractivity contribution in [2.45, 2.75) is 34.8 Å². The van der Waals surface area contributed by atoms with Gasteiger partial charge in [0.1, 0.15) is 11.5 Å². The number of hydrogen-bond acceptors (Lipinski definition) is 6. The minimum absolute atomic E-state index is 0.149. The van der Waals surface area contributed by atoms with E-state index in [1.54, 1.807) is 20.1 Å². The van der Waals surface area contributed by atoms with Crippen molar-refractivity contribution in [3.8, 4) is 11.5 Å². The molecule has 30 heavy (non-hydrogen) atoms. The topological polar surface area (TPSA) is 84.9 Å². The number of carbonyl (C=O) groups excluding carboxylic acids is 1. The first-order valence-electron chi connectivity index (χ1n) is 9.65. The molecule has 1 amide bonds. The summed E-state index contributed by atoms with van der Waals surface area (Å²) in [6, 6.07) is 12.0. The van der Waals surface area contributed by atoms with E-state index in [0.29, 0.717) is 24.5 Å². The van der Waals surface area contributed by atoms with E-state index in [2.05, 4.69) is 5.32 Å². The van der Waals surface area contributed by atoms with Crippen LogP contribution < -0.4 is 14.8 Å².